The molecule has 0 spiro atoms. The van der Waals surface area contributed by atoms with E-state index in [2.05, 4.69) is 27.1 Å². The summed E-state index contributed by atoms with van der Waals surface area (Å²) in [4.78, 5) is 11.3. The highest BCUT2D eigenvalue weighted by molar-refractivity contribution is 5.24. The Labute approximate surface area is 155 Å². The quantitative estimate of drug-likeness (QED) is 0.766. The van der Waals surface area contributed by atoms with Crippen LogP contribution in [-0.4, -0.2) is 34.5 Å². The van der Waals surface area contributed by atoms with E-state index in [9.17, 15) is 4.39 Å². The molecule has 0 aliphatic carbocycles. The highest BCUT2D eigenvalue weighted by atomic mass is 19.1. The Hall–Kier alpha value is -2.01. The van der Waals surface area contributed by atoms with Crippen LogP contribution < -0.4 is 5.32 Å². The fourth-order valence-electron chi connectivity index (χ4n) is 3.61. The van der Waals surface area contributed by atoms with Crippen LogP contribution in [-0.2, 0) is 13.0 Å². The van der Waals surface area contributed by atoms with Crippen molar-refractivity contribution in [2.45, 2.75) is 45.6 Å². The molecule has 26 heavy (non-hydrogen) atoms. The van der Waals surface area contributed by atoms with Gasteiger partial charge in [-0.1, -0.05) is 25.1 Å². The van der Waals surface area contributed by atoms with Crippen LogP contribution in [0.1, 0.15) is 43.7 Å². The van der Waals surface area contributed by atoms with Gasteiger partial charge in [0.05, 0.1) is 0 Å². The van der Waals surface area contributed by atoms with Crippen LogP contribution in [0.2, 0.25) is 0 Å². The smallest absolute Gasteiger partial charge is 0.222 e. The minimum absolute atomic E-state index is 0.0749. The van der Waals surface area contributed by atoms with Crippen molar-refractivity contribution in [1.29, 1.82) is 0 Å². The summed E-state index contributed by atoms with van der Waals surface area (Å²) in [5.74, 6) is 1.26. The van der Waals surface area contributed by atoms with Crippen LogP contribution in [0.4, 0.5) is 10.3 Å². The Bertz CT molecular complexity index is 674. The lowest BCUT2D eigenvalue weighted by Gasteiger charge is -2.32. The number of hydrogen-bond acceptors (Lipinski definition) is 4. The topological polar surface area (TPSA) is 41.1 Å². The highest BCUT2D eigenvalue weighted by Crippen LogP contribution is 2.23. The van der Waals surface area contributed by atoms with Crippen LogP contribution in [0.5, 0.6) is 0 Å². The number of rotatable bonds is 8. The van der Waals surface area contributed by atoms with Gasteiger partial charge in [-0.2, -0.15) is 0 Å². The van der Waals surface area contributed by atoms with Gasteiger partial charge in [0.2, 0.25) is 5.95 Å². The van der Waals surface area contributed by atoms with Crippen molar-refractivity contribution < 1.29 is 4.39 Å². The van der Waals surface area contributed by atoms with E-state index >= 15 is 0 Å². The molecule has 1 aromatic carbocycles. The predicted octanol–water partition coefficient (Wildman–Crippen LogP) is 4.28. The standard InChI is InChI=1S/C21H29FN4/c1-2-11-23-21-24-13-18(14-25-21)16-26-12-5-6-17(15-26)9-10-19-7-3-4-8-20(19)22/h3-4,7-8,13-14,17H,2,5-6,9-12,15-16H2,1H3,(H,23,24,25). The van der Waals surface area contributed by atoms with Gasteiger partial charge in [-0.25, -0.2) is 14.4 Å². The molecular formula is C21H29FN4. The lowest BCUT2D eigenvalue weighted by molar-refractivity contribution is 0.161. The van der Waals surface area contributed by atoms with Crippen molar-refractivity contribution in [3.8, 4) is 0 Å². The molecule has 2 heterocycles. The Balaban J connectivity index is 1.48. The molecule has 1 atom stereocenters. The minimum atomic E-state index is -0.0749. The number of anilines is 1. The van der Waals surface area contributed by atoms with E-state index in [1.54, 1.807) is 12.1 Å². The van der Waals surface area contributed by atoms with Crippen molar-refractivity contribution >= 4 is 5.95 Å². The zero-order valence-electron chi connectivity index (χ0n) is 15.6. The second-order valence-electron chi connectivity index (χ2n) is 7.22. The number of benzene rings is 1. The van der Waals surface area contributed by atoms with Gasteiger partial charge in [0.25, 0.3) is 0 Å². The summed E-state index contributed by atoms with van der Waals surface area (Å²) in [5.41, 5.74) is 2.00. The third kappa shape index (κ3) is 5.49. The molecular weight excluding hydrogens is 327 g/mol. The number of nitrogens with zero attached hydrogens (tertiary/aromatic N) is 3. The fourth-order valence-corrected chi connectivity index (χ4v) is 3.61. The molecule has 0 bridgehead atoms. The molecule has 140 valence electrons. The van der Waals surface area contributed by atoms with Crippen molar-refractivity contribution in [2.24, 2.45) is 5.92 Å². The maximum absolute atomic E-state index is 13.8. The van der Waals surface area contributed by atoms with Crippen LogP contribution in [0, 0.1) is 11.7 Å². The first kappa shape index (κ1) is 18.8. The first-order valence-electron chi connectivity index (χ1n) is 9.75. The molecule has 4 nitrogen and oxygen atoms in total. The molecule has 0 amide bonds. The van der Waals surface area contributed by atoms with Gasteiger partial charge < -0.3 is 5.32 Å². The lowest BCUT2D eigenvalue weighted by atomic mass is 9.91. The van der Waals surface area contributed by atoms with Crippen molar-refractivity contribution in [3.05, 3.63) is 53.6 Å². The number of hydrogen-bond donors (Lipinski definition) is 1. The number of nitrogens with one attached hydrogen (secondary N) is 1. The molecule has 3 rings (SSSR count). The van der Waals surface area contributed by atoms with E-state index in [1.165, 1.54) is 12.8 Å². The molecule has 5 heteroatoms. The van der Waals surface area contributed by atoms with Crippen LogP contribution in [0.15, 0.2) is 36.7 Å². The number of aryl methyl sites for hydroxylation is 1. The Morgan fingerprint density at radius 1 is 1.23 bits per heavy atom. The Kier molecular flexibility index (Phi) is 6.95. The van der Waals surface area contributed by atoms with Crippen LogP contribution >= 0.6 is 0 Å². The van der Waals surface area contributed by atoms with E-state index < -0.39 is 0 Å². The molecule has 1 fully saturated rings. The van der Waals surface area contributed by atoms with Gasteiger partial charge in [0, 0.05) is 37.6 Å². The van der Waals surface area contributed by atoms with E-state index in [1.807, 2.05) is 24.5 Å². The monoisotopic (exact) mass is 356 g/mol. The summed E-state index contributed by atoms with van der Waals surface area (Å²) >= 11 is 0. The fraction of sp³-hybridized carbons (Fsp3) is 0.524. The van der Waals surface area contributed by atoms with Crippen molar-refractivity contribution in [2.75, 3.05) is 25.0 Å². The summed E-state index contributed by atoms with van der Waals surface area (Å²) in [5, 5.41) is 3.20. The number of likely N-dealkylation sites (tertiary alicyclic amines) is 1. The van der Waals surface area contributed by atoms with E-state index in [4.69, 9.17) is 0 Å². The van der Waals surface area contributed by atoms with E-state index in [0.717, 1.165) is 56.6 Å². The first-order chi connectivity index (χ1) is 12.7. The van der Waals surface area contributed by atoms with Gasteiger partial charge in [-0.3, -0.25) is 4.90 Å². The maximum Gasteiger partial charge on any atom is 0.222 e. The summed E-state index contributed by atoms with van der Waals surface area (Å²) < 4.78 is 13.8. The number of halogens is 1. The zero-order chi connectivity index (χ0) is 18.2. The van der Waals surface area contributed by atoms with Crippen LogP contribution in [0.3, 0.4) is 0 Å². The Morgan fingerprint density at radius 3 is 2.81 bits per heavy atom. The lowest BCUT2D eigenvalue weighted by Crippen LogP contribution is -2.35. The highest BCUT2D eigenvalue weighted by Gasteiger charge is 2.20. The van der Waals surface area contributed by atoms with Gasteiger partial charge in [-0.05, 0) is 56.2 Å². The normalized spacial score (nSPS) is 18.0. The second-order valence-corrected chi connectivity index (χ2v) is 7.22. The molecule has 1 unspecified atom stereocenters. The van der Waals surface area contributed by atoms with E-state index in [0.29, 0.717) is 11.9 Å². The zero-order valence-corrected chi connectivity index (χ0v) is 15.6. The molecule has 1 aromatic heterocycles. The summed E-state index contributed by atoms with van der Waals surface area (Å²) in [7, 11) is 0. The average Bonchev–Trinajstić information content (AvgIpc) is 2.67. The second kappa shape index (κ2) is 9.62. The third-order valence-corrected chi connectivity index (χ3v) is 5.03. The largest absolute Gasteiger partial charge is 0.354 e. The summed E-state index contributed by atoms with van der Waals surface area (Å²) in [6.45, 7) is 6.11. The van der Waals surface area contributed by atoms with Crippen LogP contribution in [0.25, 0.3) is 0 Å². The molecule has 1 saturated heterocycles. The number of piperidine rings is 1. The third-order valence-electron chi connectivity index (χ3n) is 5.03. The summed E-state index contributed by atoms with van der Waals surface area (Å²) in [6, 6.07) is 7.14. The van der Waals surface area contributed by atoms with Crippen molar-refractivity contribution in [1.82, 2.24) is 14.9 Å². The van der Waals surface area contributed by atoms with Gasteiger partial charge in [0.15, 0.2) is 0 Å². The number of aromatic nitrogens is 2. The SMILES string of the molecule is CCCNc1ncc(CN2CCCC(CCc3ccccc3F)C2)cn1. The van der Waals surface area contributed by atoms with Crippen molar-refractivity contribution in [3.63, 3.8) is 0 Å². The molecule has 1 aliphatic heterocycles. The Morgan fingerprint density at radius 2 is 2.04 bits per heavy atom. The molecule has 2 aromatic rings. The van der Waals surface area contributed by atoms with E-state index in [-0.39, 0.29) is 5.82 Å². The molecule has 0 radical (unpaired) electrons. The molecule has 0 saturated carbocycles. The molecule has 1 N–H and O–H groups in total. The average molecular weight is 356 g/mol. The summed E-state index contributed by atoms with van der Waals surface area (Å²) in [6.07, 6.45) is 9.23. The minimum Gasteiger partial charge on any atom is -0.354 e. The predicted molar refractivity (Wildman–Crippen MR) is 104 cm³/mol. The van der Waals surface area contributed by atoms with Gasteiger partial charge >= 0.3 is 0 Å². The van der Waals surface area contributed by atoms with Gasteiger partial charge in [-0.15, -0.1) is 0 Å². The first-order valence-corrected chi connectivity index (χ1v) is 9.75. The molecule has 1 aliphatic rings. The van der Waals surface area contributed by atoms with Gasteiger partial charge in [0.1, 0.15) is 5.82 Å². The maximum atomic E-state index is 13.8.